The molecule has 0 spiro atoms. The minimum absolute atomic E-state index is 0.0379. The van der Waals surface area contributed by atoms with Crippen molar-refractivity contribution in [3.63, 3.8) is 0 Å². The minimum atomic E-state index is -0.398. The van der Waals surface area contributed by atoms with E-state index in [0.717, 1.165) is 18.4 Å². The Kier molecular flexibility index (Phi) is 4.73. The van der Waals surface area contributed by atoms with E-state index in [2.05, 4.69) is 31.2 Å². The van der Waals surface area contributed by atoms with Gasteiger partial charge in [-0.3, -0.25) is 9.59 Å². The molecule has 0 radical (unpaired) electrons. The summed E-state index contributed by atoms with van der Waals surface area (Å²) in [5.41, 5.74) is 3.61. The van der Waals surface area contributed by atoms with Crippen LogP contribution in [0.4, 0.5) is 0 Å². The Balaban J connectivity index is 1.53. The highest BCUT2D eigenvalue weighted by molar-refractivity contribution is 5.97. The summed E-state index contributed by atoms with van der Waals surface area (Å²) in [6.07, 6.45) is 2.38. The van der Waals surface area contributed by atoms with Crippen molar-refractivity contribution in [3.8, 4) is 0 Å². The first-order chi connectivity index (χ1) is 13.1. The number of carbonyl (C=O) groups excluding carboxylic acids is 2. The lowest BCUT2D eigenvalue weighted by Crippen LogP contribution is -2.66. The molecule has 1 fully saturated rings. The summed E-state index contributed by atoms with van der Waals surface area (Å²) in [5, 5.41) is 0. The molecular weight excluding hydrogens is 336 g/mol. The van der Waals surface area contributed by atoms with Gasteiger partial charge in [-0.1, -0.05) is 54.6 Å². The second kappa shape index (κ2) is 7.18. The molecule has 2 aliphatic heterocycles. The highest BCUT2D eigenvalue weighted by Crippen LogP contribution is 2.31. The maximum Gasteiger partial charge on any atom is 0.246 e. The van der Waals surface area contributed by atoms with Crippen LogP contribution in [0.15, 0.2) is 54.6 Å². The molecule has 4 rings (SSSR count). The third-order valence-corrected chi connectivity index (χ3v) is 6.01. The van der Waals surface area contributed by atoms with Crippen molar-refractivity contribution in [2.75, 3.05) is 0 Å². The van der Waals surface area contributed by atoms with Gasteiger partial charge in [0.05, 0.1) is 0 Å². The van der Waals surface area contributed by atoms with Gasteiger partial charge in [-0.05, 0) is 43.4 Å². The molecule has 1 saturated heterocycles. The molecule has 4 nitrogen and oxygen atoms in total. The third-order valence-electron chi connectivity index (χ3n) is 6.01. The van der Waals surface area contributed by atoms with Crippen molar-refractivity contribution in [1.29, 1.82) is 0 Å². The second-order valence-electron chi connectivity index (χ2n) is 7.75. The van der Waals surface area contributed by atoms with Gasteiger partial charge < -0.3 is 9.80 Å². The summed E-state index contributed by atoms with van der Waals surface area (Å²) in [5.74, 6) is 0.165. The molecule has 2 amide bonds. The van der Waals surface area contributed by atoms with Gasteiger partial charge >= 0.3 is 0 Å². The van der Waals surface area contributed by atoms with E-state index in [4.69, 9.17) is 0 Å². The zero-order valence-corrected chi connectivity index (χ0v) is 16.0. The molecule has 0 saturated carbocycles. The van der Waals surface area contributed by atoms with Gasteiger partial charge in [0, 0.05) is 19.0 Å². The zero-order chi connectivity index (χ0) is 19.0. The van der Waals surface area contributed by atoms with E-state index in [0.29, 0.717) is 13.0 Å². The van der Waals surface area contributed by atoms with Gasteiger partial charge in [-0.15, -0.1) is 0 Å². The standard InChI is InChI=1S/C23H26N2O2/c1-16(12-13-18-8-4-3-5-9-18)25-17(2)22(26)24-15-20-11-7-6-10-19(20)14-21(24)23(25)27/h3-11,16-17,21H,12-15H2,1-2H3/t16-,17+,21?/m1/s1. The van der Waals surface area contributed by atoms with Gasteiger partial charge in [0.15, 0.2) is 0 Å². The minimum Gasteiger partial charge on any atom is -0.326 e. The Bertz CT molecular complexity index is 848. The average Bonchev–Trinajstić information content (AvgIpc) is 2.70. The lowest BCUT2D eigenvalue weighted by Gasteiger charge is -2.48. The smallest absolute Gasteiger partial charge is 0.246 e. The summed E-state index contributed by atoms with van der Waals surface area (Å²) in [7, 11) is 0. The largest absolute Gasteiger partial charge is 0.326 e. The van der Waals surface area contributed by atoms with Crippen molar-refractivity contribution in [2.45, 2.75) is 57.8 Å². The van der Waals surface area contributed by atoms with Crippen LogP contribution in [0.2, 0.25) is 0 Å². The number of rotatable bonds is 4. The van der Waals surface area contributed by atoms with E-state index >= 15 is 0 Å². The monoisotopic (exact) mass is 362 g/mol. The number of fused-ring (bicyclic) bond motifs is 2. The first-order valence-electron chi connectivity index (χ1n) is 9.79. The van der Waals surface area contributed by atoms with Gasteiger partial charge in [0.1, 0.15) is 12.1 Å². The fourth-order valence-corrected chi connectivity index (χ4v) is 4.46. The molecule has 1 unspecified atom stereocenters. The van der Waals surface area contributed by atoms with Crippen molar-refractivity contribution >= 4 is 11.8 Å². The number of amides is 2. The van der Waals surface area contributed by atoms with E-state index in [1.54, 1.807) is 4.90 Å². The zero-order valence-electron chi connectivity index (χ0n) is 16.0. The molecule has 0 aromatic heterocycles. The summed E-state index contributed by atoms with van der Waals surface area (Å²) >= 11 is 0. The highest BCUT2D eigenvalue weighted by Gasteiger charge is 2.47. The molecule has 140 valence electrons. The van der Waals surface area contributed by atoms with E-state index in [1.165, 1.54) is 11.1 Å². The van der Waals surface area contributed by atoms with Crippen LogP contribution in [-0.4, -0.2) is 39.7 Å². The Labute approximate surface area is 160 Å². The number of hydrogen-bond acceptors (Lipinski definition) is 2. The van der Waals surface area contributed by atoms with Crippen molar-refractivity contribution < 1.29 is 9.59 Å². The third kappa shape index (κ3) is 3.25. The molecule has 2 aromatic rings. The Morgan fingerprint density at radius 2 is 1.63 bits per heavy atom. The molecule has 0 bridgehead atoms. The SMILES string of the molecule is C[C@H](CCc1ccccc1)N1C(=O)C2Cc3ccccc3CN2C(=O)[C@@H]1C. The molecule has 2 aromatic carbocycles. The predicted octanol–water partition coefficient (Wildman–Crippen LogP) is 3.19. The van der Waals surface area contributed by atoms with Gasteiger partial charge in [0.25, 0.3) is 0 Å². The van der Waals surface area contributed by atoms with Crippen molar-refractivity contribution in [1.82, 2.24) is 9.80 Å². The molecule has 27 heavy (non-hydrogen) atoms. The molecule has 2 heterocycles. The van der Waals surface area contributed by atoms with Gasteiger partial charge in [-0.2, -0.15) is 0 Å². The summed E-state index contributed by atoms with van der Waals surface area (Å²) < 4.78 is 0. The number of carbonyl (C=O) groups is 2. The summed E-state index contributed by atoms with van der Waals surface area (Å²) in [6.45, 7) is 4.48. The molecule has 3 atom stereocenters. The number of nitrogens with zero attached hydrogens (tertiary/aromatic N) is 2. The molecule has 0 N–H and O–H groups in total. The van der Waals surface area contributed by atoms with Gasteiger partial charge in [0.2, 0.25) is 11.8 Å². The van der Waals surface area contributed by atoms with E-state index in [-0.39, 0.29) is 23.9 Å². The van der Waals surface area contributed by atoms with E-state index in [1.807, 2.05) is 42.2 Å². The fraction of sp³-hybridized carbons (Fsp3) is 0.391. The Hall–Kier alpha value is -2.62. The van der Waals surface area contributed by atoms with Crippen molar-refractivity contribution in [2.24, 2.45) is 0 Å². The number of benzene rings is 2. The van der Waals surface area contributed by atoms with Crippen molar-refractivity contribution in [3.05, 3.63) is 71.3 Å². The average molecular weight is 362 g/mol. The second-order valence-corrected chi connectivity index (χ2v) is 7.75. The maximum absolute atomic E-state index is 13.3. The van der Waals surface area contributed by atoms with Crippen LogP contribution in [0.25, 0.3) is 0 Å². The first kappa shape index (κ1) is 17.8. The fourth-order valence-electron chi connectivity index (χ4n) is 4.46. The number of piperazine rings is 1. The van der Waals surface area contributed by atoms with Crippen LogP contribution >= 0.6 is 0 Å². The Morgan fingerprint density at radius 1 is 0.963 bits per heavy atom. The highest BCUT2D eigenvalue weighted by atomic mass is 16.2. The number of aryl methyl sites for hydroxylation is 1. The lowest BCUT2D eigenvalue weighted by atomic mass is 9.89. The van der Waals surface area contributed by atoms with Crippen LogP contribution in [0.1, 0.15) is 37.0 Å². The first-order valence-corrected chi connectivity index (χ1v) is 9.79. The van der Waals surface area contributed by atoms with E-state index < -0.39 is 6.04 Å². The predicted molar refractivity (Wildman–Crippen MR) is 105 cm³/mol. The van der Waals surface area contributed by atoms with Crippen LogP contribution < -0.4 is 0 Å². The van der Waals surface area contributed by atoms with Crippen LogP contribution in [0.3, 0.4) is 0 Å². The van der Waals surface area contributed by atoms with Gasteiger partial charge in [-0.25, -0.2) is 0 Å². The summed E-state index contributed by atoms with van der Waals surface area (Å²) in [4.78, 5) is 30.0. The Morgan fingerprint density at radius 3 is 2.37 bits per heavy atom. The molecular formula is C23H26N2O2. The van der Waals surface area contributed by atoms with Crippen LogP contribution in [0.5, 0.6) is 0 Å². The quantitative estimate of drug-likeness (QED) is 0.838. The lowest BCUT2D eigenvalue weighted by molar-refractivity contribution is -0.164. The molecule has 4 heteroatoms. The van der Waals surface area contributed by atoms with E-state index in [9.17, 15) is 9.59 Å². The topological polar surface area (TPSA) is 40.6 Å². The molecule has 0 aliphatic carbocycles. The van der Waals surface area contributed by atoms with Crippen LogP contribution in [-0.2, 0) is 29.0 Å². The molecule has 2 aliphatic rings. The normalized spacial score (nSPS) is 23.0. The summed E-state index contributed by atoms with van der Waals surface area (Å²) in [6, 6.07) is 17.7. The maximum atomic E-state index is 13.3. The number of hydrogen-bond donors (Lipinski definition) is 0. The van der Waals surface area contributed by atoms with Crippen LogP contribution in [0, 0.1) is 0 Å².